The zero-order valence-electron chi connectivity index (χ0n) is 14.2. The molecule has 24 heavy (non-hydrogen) atoms. The molecule has 7 nitrogen and oxygen atoms in total. The molecule has 1 saturated heterocycles. The van der Waals surface area contributed by atoms with Crippen LogP contribution in [0.3, 0.4) is 0 Å². The third-order valence-electron chi connectivity index (χ3n) is 4.67. The van der Waals surface area contributed by atoms with Crippen LogP contribution in [0.2, 0.25) is 0 Å². The molecule has 0 saturated carbocycles. The molecule has 7 heteroatoms. The van der Waals surface area contributed by atoms with Crippen LogP contribution < -0.4 is 0 Å². The summed E-state index contributed by atoms with van der Waals surface area (Å²) in [6, 6.07) is 1.97. The monoisotopic (exact) mass is 330 g/mol. The van der Waals surface area contributed by atoms with Crippen LogP contribution in [0.15, 0.2) is 18.5 Å². The number of carbonyl (C=O) groups excluding carboxylic acids is 1. The minimum atomic E-state index is -0.881. The summed E-state index contributed by atoms with van der Waals surface area (Å²) < 4.78 is 1.81. The van der Waals surface area contributed by atoms with Gasteiger partial charge in [-0.2, -0.15) is 5.10 Å². The van der Waals surface area contributed by atoms with E-state index in [1.807, 2.05) is 18.5 Å². The van der Waals surface area contributed by atoms with Gasteiger partial charge < -0.3 is 10.0 Å². The van der Waals surface area contributed by atoms with Crippen molar-refractivity contribution >= 4 is 22.9 Å². The number of fused-ring (bicyclic) bond motifs is 1. The zero-order chi connectivity index (χ0) is 17.5. The zero-order valence-corrected chi connectivity index (χ0v) is 14.2. The molecule has 1 aliphatic heterocycles. The Hall–Kier alpha value is -2.44. The third-order valence-corrected chi connectivity index (χ3v) is 4.67. The van der Waals surface area contributed by atoms with Crippen molar-refractivity contribution in [2.75, 3.05) is 13.1 Å². The lowest BCUT2D eigenvalue weighted by Crippen LogP contribution is -2.48. The Kier molecular flexibility index (Phi) is 4.03. The number of hydrogen-bond donors (Lipinski definition) is 1. The standard InChI is InChI=1S/C17H22N4O3/c1-11(2)21-14-12(9-19-21)7-13(8-18-14)15(22)20-6-4-5-17(3,10-20)16(23)24/h7-9,11H,4-6,10H2,1-3H3,(H,23,24). The van der Waals surface area contributed by atoms with Gasteiger partial charge in [-0.15, -0.1) is 0 Å². The Balaban J connectivity index is 1.87. The molecular formula is C17H22N4O3. The molecule has 1 amide bonds. The van der Waals surface area contributed by atoms with Crippen LogP contribution in [0.4, 0.5) is 0 Å². The van der Waals surface area contributed by atoms with Crippen molar-refractivity contribution in [1.29, 1.82) is 0 Å². The number of nitrogens with zero attached hydrogens (tertiary/aromatic N) is 4. The smallest absolute Gasteiger partial charge is 0.311 e. The van der Waals surface area contributed by atoms with E-state index in [1.165, 1.54) is 0 Å². The van der Waals surface area contributed by atoms with E-state index in [1.54, 1.807) is 30.3 Å². The molecule has 1 N–H and O–H groups in total. The second-order valence-corrected chi connectivity index (χ2v) is 7.02. The van der Waals surface area contributed by atoms with Crippen LogP contribution >= 0.6 is 0 Å². The van der Waals surface area contributed by atoms with Crippen LogP contribution in [0.1, 0.15) is 50.0 Å². The lowest BCUT2D eigenvalue weighted by atomic mass is 9.82. The second-order valence-electron chi connectivity index (χ2n) is 7.02. The maximum absolute atomic E-state index is 12.8. The Labute approximate surface area is 140 Å². The number of aliphatic carboxylic acids is 1. The lowest BCUT2D eigenvalue weighted by molar-refractivity contribution is -0.150. The van der Waals surface area contributed by atoms with Crippen molar-refractivity contribution in [3.63, 3.8) is 0 Å². The maximum Gasteiger partial charge on any atom is 0.311 e. The van der Waals surface area contributed by atoms with Crippen LogP contribution in [0, 0.1) is 5.41 Å². The first-order chi connectivity index (χ1) is 11.3. The van der Waals surface area contributed by atoms with Crippen LogP contribution in [-0.4, -0.2) is 49.7 Å². The molecule has 1 atom stereocenters. The summed E-state index contributed by atoms with van der Waals surface area (Å²) in [5.41, 5.74) is 0.338. The summed E-state index contributed by atoms with van der Waals surface area (Å²) in [6.07, 6.45) is 4.54. The quantitative estimate of drug-likeness (QED) is 0.933. The predicted octanol–water partition coefficient (Wildman–Crippen LogP) is 2.34. The first kappa shape index (κ1) is 16.4. The summed E-state index contributed by atoms with van der Waals surface area (Å²) in [4.78, 5) is 30.2. The summed E-state index contributed by atoms with van der Waals surface area (Å²) in [6.45, 7) is 6.54. The largest absolute Gasteiger partial charge is 0.481 e. The van der Waals surface area contributed by atoms with E-state index >= 15 is 0 Å². The average molecular weight is 330 g/mol. The van der Waals surface area contributed by atoms with Gasteiger partial charge in [0.1, 0.15) is 0 Å². The van der Waals surface area contributed by atoms with Gasteiger partial charge in [0.05, 0.1) is 17.2 Å². The van der Waals surface area contributed by atoms with E-state index in [0.29, 0.717) is 24.9 Å². The van der Waals surface area contributed by atoms with Gasteiger partial charge in [0.15, 0.2) is 5.65 Å². The molecule has 0 aliphatic carbocycles. The van der Waals surface area contributed by atoms with Gasteiger partial charge >= 0.3 is 5.97 Å². The second kappa shape index (κ2) is 5.89. The molecule has 0 spiro atoms. The van der Waals surface area contributed by atoms with E-state index in [-0.39, 0.29) is 18.5 Å². The molecule has 1 fully saturated rings. The van der Waals surface area contributed by atoms with E-state index < -0.39 is 11.4 Å². The SMILES string of the molecule is CC(C)n1ncc2cc(C(=O)N3CCCC(C)(C(=O)O)C3)cnc21. The molecule has 3 rings (SSSR count). The van der Waals surface area contributed by atoms with E-state index in [4.69, 9.17) is 0 Å². The van der Waals surface area contributed by atoms with Crippen molar-refractivity contribution < 1.29 is 14.7 Å². The number of rotatable bonds is 3. The summed E-state index contributed by atoms with van der Waals surface area (Å²) in [5, 5.41) is 14.5. The van der Waals surface area contributed by atoms with E-state index in [2.05, 4.69) is 10.1 Å². The van der Waals surface area contributed by atoms with Gasteiger partial charge in [-0.1, -0.05) is 0 Å². The molecule has 1 unspecified atom stereocenters. The number of piperidine rings is 1. The van der Waals surface area contributed by atoms with E-state index in [0.717, 1.165) is 11.0 Å². The fourth-order valence-corrected chi connectivity index (χ4v) is 3.20. The molecule has 3 heterocycles. The van der Waals surface area contributed by atoms with Gasteiger partial charge in [-0.3, -0.25) is 9.59 Å². The molecular weight excluding hydrogens is 308 g/mol. The highest BCUT2D eigenvalue weighted by atomic mass is 16.4. The number of carbonyl (C=O) groups is 2. The Bertz CT molecular complexity index is 798. The summed E-state index contributed by atoms with van der Waals surface area (Å²) >= 11 is 0. The summed E-state index contributed by atoms with van der Waals surface area (Å²) in [7, 11) is 0. The molecule has 0 aromatic carbocycles. The number of amides is 1. The normalized spacial score (nSPS) is 21.4. The average Bonchev–Trinajstić information content (AvgIpc) is 2.97. The number of aromatic nitrogens is 3. The summed E-state index contributed by atoms with van der Waals surface area (Å²) in [5.74, 6) is -1.03. The molecule has 0 radical (unpaired) electrons. The number of hydrogen-bond acceptors (Lipinski definition) is 4. The lowest BCUT2D eigenvalue weighted by Gasteiger charge is -2.37. The first-order valence-corrected chi connectivity index (χ1v) is 8.18. The molecule has 2 aromatic heterocycles. The van der Waals surface area contributed by atoms with Gasteiger partial charge in [0.25, 0.3) is 5.91 Å². The van der Waals surface area contributed by atoms with Crippen LogP contribution in [-0.2, 0) is 4.79 Å². The van der Waals surface area contributed by atoms with Crippen LogP contribution in [0.5, 0.6) is 0 Å². The highest BCUT2D eigenvalue weighted by molar-refractivity contribution is 5.97. The first-order valence-electron chi connectivity index (χ1n) is 8.18. The van der Waals surface area contributed by atoms with Crippen molar-refractivity contribution in [3.05, 3.63) is 24.0 Å². The van der Waals surface area contributed by atoms with Gasteiger partial charge in [-0.25, -0.2) is 9.67 Å². The van der Waals surface area contributed by atoms with Gasteiger partial charge in [-0.05, 0) is 39.7 Å². The maximum atomic E-state index is 12.8. The van der Waals surface area contributed by atoms with Crippen molar-refractivity contribution in [1.82, 2.24) is 19.7 Å². The molecule has 0 bridgehead atoms. The predicted molar refractivity (Wildman–Crippen MR) is 88.8 cm³/mol. The molecule has 1 aliphatic rings. The topological polar surface area (TPSA) is 88.3 Å². The van der Waals surface area contributed by atoms with Crippen molar-refractivity contribution in [2.24, 2.45) is 5.41 Å². The Morgan fingerprint density at radius 2 is 2.08 bits per heavy atom. The fourth-order valence-electron chi connectivity index (χ4n) is 3.20. The van der Waals surface area contributed by atoms with Crippen molar-refractivity contribution in [2.45, 2.75) is 39.7 Å². The van der Waals surface area contributed by atoms with Gasteiger partial charge in [0.2, 0.25) is 0 Å². The highest BCUT2D eigenvalue weighted by Crippen LogP contribution is 2.30. The minimum absolute atomic E-state index is 0.172. The fraction of sp³-hybridized carbons (Fsp3) is 0.529. The number of likely N-dealkylation sites (tertiary alicyclic amines) is 1. The highest BCUT2D eigenvalue weighted by Gasteiger charge is 2.39. The Morgan fingerprint density at radius 3 is 2.75 bits per heavy atom. The van der Waals surface area contributed by atoms with E-state index in [9.17, 15) is 14.7 Å². The third kappa shape index (κ3) is 2.74. The van der Waals surface area contributed by atoms with Crippen molar-refractivity contribution in [3.8, 4) is 0 Å². The molecule has 2 aromatic rings. The number of carboxylic acid groups (broad SMARTS) is 1. The molecule has 128 valence electrons. The number of carboxylic acids is 1. The van der Waals surface area contributed by atoms with Crippen LogP contribution in [0.25, 0.3) is 11.0 Å². The number of pyridine rings is 1. The van der Waals surface area contributed by atoms with Gasteiger partial charge in [0, 0.05) is 30.7 Å². The Morgan fingerprint density at radius 1 is 1.33 bits per heavy atom. The minimum Gasteiger partial charge on any atom is -0.481 e.